The van der Waals surface area contributed by atoms with Gasteiger partial charge in [-0.05, 0) is 43.5 Å². The van der Waals surface area contributed by atoms with Crippen LogP contribution in [-0.2, 0) is 11.2 Å². The minimum absolute atomic E-state index is 0.00373. The fourth-order valence-corrected chi connectivity index (χ4v) is 3.05. The lowest BCUT2D eigenvalue weighted by Crippen LogP contribution is -2.28. The Bertz CT molecular complexity index is 833. The summed E-state index contributed by atoms with van der Waals surface area (Å²) >= 11 is 0. The fourth-order valence-electron chi connectivity index (χ4n) is 3.05. The summed E-state index contributed by atoms with van der Waals surface area (Å²) in [4.78, 5) is 12.4. The van der Waals surface area contributed by atoms with E-state index >= 15 is 0 Å². The predicted molar refractivity (Wildman–Crippen MR) is 92.4 cm³/mol. The standard InChI is InChI=1S/C20H21NO2/c1-13-9-14(2)20-17(12-23-18(20)10-13)11-19(22)21-15(3)16-7-5-4-6-8-16/h4-10,12,15H,11H2,1-3H3,(H,21,22). The molecule has 0 radical (unpaired) electrons. The van der Waals surface area contributed by atoms with Gasteiger partial charge in [-0.2, -0.15) is 0 Å². The second-order valence-electron chi connectivity index (χ2n) is 6.09. The first-order valence-electron chi connectivity index (χ1n) is 7.86. The Hall–Kier alpha value is -2.55. The van der Waals surface area contributed by atoms with Crippen molar-refractivity contribution in [2.24, 2.45) is 0 Å². The number of amides is 1. The van der Waals surface area contributed by atoms with Crippen molar-refractivity contribution in [3.8, 4) is 0 Å². The molecule has 0 aliphatic rings. The zero-order valence-corrected chi connectivity index (χ0v) is 13.7. The van der Waals surface area contributed by atoms with E-state index in [2.05, 4.69) is 18.3 Å². The molecule has 1 N–H and O–H groups in total. The van der Waals surface area contributed by atoms with Crippen LogP contribution in [0, 0.1) is 13.8 Å². The monoisotopic (exact) mass is 307 g/mol. The summed E-state index contributed by atoms with van der Waals surface area (Å²) in [7, 11) is 0. The number of furan rings is 1. The van der Waals surface area contributed by atoms with Gasteiger partial charge in [0, 0.05) is 10.9 Å². The molecule has 3 nitrogen and oxygen atoms in total. The maximum absolute atomic E-state index is 12.4. The third kappa shape index (κ3) is 3.29. The van der Waals surface area contributed by atoms with Crippen LogP contribution in [0.25, 0.3) is 11.0 Å². The van der Waals surface area contributed by atoms with Crippen molar-refractivity contribution in [1.82, 2.24) is 5.32 Å². The number of carbonyl (C=O) groups excluding carboxylic acids is 1. The van der Waals surface area contributed by atoms with Crippen LogP contribution in [0.4, 0.5) is 0 Å². The van der Waals surface area contributed by atoms with Crippen LogP contribution in [-0.4, -0.2) is 5.91 Å². The fraction of sp³-hybridized carbons (Fsp3) is 0.250. The van der Waals surface area contributed by atoms with Crippen LogP contribution < -0.4 is 5.32 Å². The lowest BCUT2D eigenvalue weighted by molar-refractivity contribution is -0.121. The highest BCUT2D eigenvalue weighted by Gasteiger charge is 2.15. The van der Waals surface area contributed by atoms with Gasteiger partial charge in [0.1, 0.15) is 5.58 Å². The number of benzene rings is 2. The molecule has 0 aliphatic carbocycles. The molecule has 1 heterocycles. The minimum atomic E-state index is -0.00907. The summed E-state index contributed by atoms with van der Waals surface area (Å²) in [5, 5.41) is 4.10. The molecule has 0 saturated heterocycles. The Labute approximate surface area is 136 Å². The maximum atomic E-state index is 12.4. The van der Waals surface area contributed by atoms with Crippen LogP contribution in [0.2, 0.25) is 0 Å². The number of fused-ring (bicyclic) bond motifs is 1. The number of nitrogens with one attached hydrogen (secondary N) is 1. The largest absolute Gasteiger partial charge is 0.464 e. The van der Waals surface area contributed by atoms with Gasteiger partial charge in [0.2, 0.25) is 5.91 Å². The molecule has 0 aliphatic heterocycles. The molecule has 3 heteroatoms. The van der Waals surface area contributed by atoms with E-state index in [1.807, 2.05) is 50.2 Å². The van der Waals surface area contributed by atoms with E-state index in [0.717, 1.165) is 33.2 Å². The summed E-state index contributed by atoms with van der Waals surface area (Å²) in [6.45, 7) is 6.09. The quantitative estimate of drug-likeness (QED) is 0.772. The molecule has 3 aromatic rings. The van der Waals surface area contributed by atoms with E-state index < -0.39 is 0 Å². The number of aryl methyl sites for hydroxylation is 2. The SMILES string of the molecule is Cc1cc(C)c2c(CC(=O)NC(C)c3ccccc3)coc2c1. The minimum Gasteiger partial charge on any atom is -0.464 e. The molecule has 1 unspecified atom stereocenters. The summed E-state index contributed by atoms with van der Waals surface area (Å²) in [6, 6.07) is 14.1. The lowest BCUT2D eigenvalue weighted by Gasteiger charge is -2.14. The Balaban J connectivity index is 1.76. The van der Waals surface area contributed by atoms with Crippen LogP contribution in [0.3, 0.4) is 0 Å². The molecule has 23 heavy (non-hydrogen) atoms. The van der Waals surface area contributed by atoms with E-state index in [1.165, 1.54) is 0 Å². The summed E-state index contributed by atoms with van der Waals surface area (Å²) in [5.41, 5.74) is 5.20. The van der Waals surface area contributed by atoms with E-state index in [-0.39, 0.29) is 11.9 Å². The highest BCUT2D eigenvalue weighted by molar-refractivity contribution is 5.90. The molecule has 0 bridgehead atoms. The third-order valence-corrected chi connectivity index (χ3v) is 4.12. The van der Waals surface area contributed by atoms with Crippen molar-refractivity contribution in [1.29, 1.82) is 0 Å². The zero-order valence-electron chi connectivity index (χ0n) is 13.7. The van der Waals surface area contributed by atoms with Gasteiger partial charge in [-0.3, -0.25) is 4.79 Å². The van der Waals surface area contributed by atoms with Gasteiger partial charge in [0.25, 0.3) is 0 Å². The number of carbonyl (C=O) groups is 1. The van der Waals surface area contributed by atoms with Gasteiger partial charge < -0.3 is 9.73 Å². The van der Waals surface area contributed by atoms with Crippen LogP contribution in [0.1, 0.15) is 35.2 Å². The normalized spacial score (nSPS) is 12.3. The van der Waals surface area contributed by atoms with Crippen LogP contribution >= 0.6 is 0 Å². The average molecular weight is 307 g/mol. The van der Waals surface area contributed by atoms with Gasteiger partial charge in [0.15, 0.2) is 0 Å². The van der Waals surface area contributed by atoms with E-state index in [0.29, 0.717) is 6.42 Å². The van der Waals surface area contributed by atoms with Gasteiger partial charge in [-0.15, -0.1) is 0 Å². The Morgan fingerprint density at radius 3 is 2.65 bits per heavy atom. The van der Waals surface area contributed by atoms with Crippen molar-refractivity contribution in [3.05, 3.63) is 71.0 Å². The van der Waals surface area contributed by atoms with Gasteiger partial charge >= 0.3 is 0 Å². The highest BCUT2D eigenvalue weighted by atomic mass is 16.3. The van der Waals surface area contributed by atoms with Crippen molar-refractivity contribution >= 4 is 16.9 Å². The third-order valence-electron chi connectivity index (χ3n) is 4.12. The number of rotatable bonds is 4. The van der Waals surface area contributed by atoms with Crippen LogP contribution in [0.5, 0.6) is 0 Å². The first-order valence-corrected chi connectivity index (χ1v) is 7.86. The Morgan fingerprint density at radius 2 is 1.91 bits per heavy atom. The average Bonchev–Trinajstić information content (AvgIpc) is 2.90. The van der Waals surface area contributed by atoms with Gasteiger partial charge in [-0.25, -0.2) is 0 Å². The van der Waals surface area contributed by atoms with E-state index in [1.54, 1.807) is 6.26 Å². The van der Waals surface area contributed by atoms with Crippen molar-refractivity contribution in [2.75, 3.05) is 0 Å². The molecule has 1 amide bonds. The molecule has 2 aromatic carbocycles. The smallest absolute Gasteiger partial charge is 0.225 e. The van der Waals surface area contributed by atoms with Crippen LogP contribution in [0.15, 0.2) is 53.1 Å². The highest BCUT2D eigenvalue weighted by Crippen LogP contribution is 2.26. The first-order chi connectivity index (χ1) is 11.0. The molecule has 0 saturated carbocycles. The Kier molecular flexibility index (Phi) is 4.20. The second kappa shape index (κ2) is 6.29. The molecule has 1 aromatic heterocycles. The predicted octanol–water partition coefficient (Wildman–Crippen LogP) is 4.47. The molecule has 118 valence electrons. The first kappa shape index (κ1) is 15.3. The summed E-state index contributed by atoms with van der Waals surface area (Å²) in [5.74, 6) is 0.00373. The molecule has 0 fully saturated rings. The number of hydrogen-bond donors (Lipinski definition) is 1. The van der Waals surface area contributed by atoms with E-state index in [4.69, 9.17) is 4.42 Å². The van der Waals surface area contributed by atoms with Crippen molar-refractivity contribution < 1.29 is 9.21 Å². The molecular weight excluding hydrogens is 286 g/mol. The van der Waals surface area contributed by atoms with Gasteiger partial charge in [-0.1, -0.05) is 36.4 Å². The lowest BCUT2D eigenvalue weighted by atomic mass is 10.0. The maximum Gasteiger partial charge on any atom is 0.225 e. The number of hydrogen-bond acceptors (Lipinski definition) is 2. The Morgan fingerprint density at radius 1 is 1.17 bits per heavy atom. The van der Waals surface area contributed by atoms with Gasteiger partial charge in [0.05, 0.1) is 18.7 Å². The van der Waals surface area contributed by atoms with E-state index in [9.17, 15) is 4.79 Å². The van der Waals surface area contributed by atoms with Crippen molar-refractivity contribution in [3.63, 3.8) is 0 Å². The molecule has 0 spiro atoms. The molecule has 3 rings (SSSR count). The second-order valence-corrected chi connectivity index (χ2v) is 6.09. The zero-order chi connectivity index (χ0) is 16.4. The summed E-state index contributed by atoms with van der Waals surface area (Å²) in [6.07, 6.45) is 2.03. The molecule has 1 atom stereocenters. The summed E-state index contributed by atoms with van der Waals surface area (Å²) < 4.78 is 5.62. The topological polar surface area (TPSA) is 42.2 Å². The van der Waals surface area contributed by atoms with Crippen molar-refractivity contribution in [2.45, 2.75) is 33.2 Å². The molecular formula is C20H21NO2.